The molecule has 0 unspecified atom stereocenters. The molecule has 0 saturated carbocycles. The molecule has 0 aliphatic heterocycles. The lowest BCUT2D eigenvalue weighted by Crippen LogP contribution is -2.44. The highest BCUT2D eigenvalue weighted by atomic mass is 35.5. The first-order valence-corrected chi connectivity index (χ1v) is 11.7. The Bertz CT molecular complexity index is 1490. The van der Waals surface area contributed by atoms with Gasteiger partial charge in [-0.3, -0.25) is 14.3 Å². The van der Waals surface area contributed by atoms with E-state index in [2.05, 4.69) is 15.3 Å². The van der Waals surface area contributed by atoms with Crippen LogP contribution in [0.25, 0.3) is 0 Å². The second kappa shape index (κ2) is 11.5. The van der Waals surface area contributed by atoms with Crippen molar-refractivity contribution in [3.8, 4) is 11.5 Å². The maximum atomic E-state index is 13.4. The van der Waals surface area contributed by atoms with E-state index in [4.69, 9.17) is 21.1 Å². The maximum absolute atomic E-state index is 13.4. The van der Waals surface area contributed by atoms with Crippen LogP contribution < -0.4 is 21.4 Å². The summed E-state index contributed by atoms with van der Waals surface area (Å²) in [6.07, 6.45) is 3.26. The van der Waals surface area contributed by atoms with Crippen LogP contribution >= 0.6 is 11.6 Å². The number of carbonyl (C=O) groups is 1. The predicted octanol–water partition coefficient (Wildman–Crippen LogP) is 3.85. The number of ether oxygens (including phenoxy) is 2. The van der Waals surface area contributed by atoms with Crippen molar-refractivity contribution in [1.29, 1.82) is 0 Å². The largest absolute Gasteiger partial charge is 0.469 e. The Morgan fingerprint density at radius 3 is 2.27 bits per heavy atom. The molecule has 4 aromatic rings. The van der Waals surface area contributed by atoms with Crippen molar-refractivity contribution in [1.82, 2.24) is 19.1 Å². The molecule has 2 heterocycles. The molecule has 1 atom stereocenters. The van der Waals surface area contributed by atoms with Crippen LogP contribution in [0.4, 0.5) is 11.6 Å². The molecule has 1 N–H and O–H groups in total. The summed E-state index contributed by atoms with van der Waals surface area (Å²) in [7, 11) is 1.25. The van der Waals surface area contributed by atoms with E-state index in [0.29, 0.717) is 22.2 Å². The second-order valence-corrected chi connectivity index (χ2v) is 8.62. The molecule has 0 saturated heterocycles. The molecular formula is C26H24ClN5O5. The molecule has 0 aliphatic carbocycles. The Morgan fingerprint density at radius 2 is 1.62 bits per heavy atom. The fourth-order valence-electron chi connectivity index (χ4n) is 3.52. The smallest absolute Gasteiger partial charge is 0.354 e. The third kappa shape index (κ3) is 6.42. The van der Waals surface area contributed by atoms with Crippen LogP contribution in [0.3, 0.4) is 0 Å². The maximum Gasteiger partial charge on any atom is 0.354 e. The number of nitrogens with zero attached hydrogens (tertiary/aromatic N) is 4. The average molecular weight is 522 g/mol. The van der Waals surface area contributed by atoms with Gasteiger partial charge in [0, 0.05) is 29.6 Å². The molecule has 0 radical (unpaired) electrons. The minimum absolute atomic E-state index is 0.0507. The average Bonchev–Trinajstić information content (AvgIpc) is 2.91. The van der Waals surface area contributed by atoms with E-state index in [1.165, 1.54) is 11.7 Å². The minimum Gasteiger partial charge on any atom is -0.469 e. The summed E-state index contributed by atoms with van der Waals surface area (Å²) in [5.41, 5.74) is -0.0540. The fourth-order valence-corrected chi connectivity index (χ4v) is 3.65. The first-order chi connectivity index (χ1) is 17.8. The number of carbonyl (C=O) groups excluding carboxylic acids is 1. The zero-order chi connectivity index (χ0) is 26.4. The highest BCUT2D eigenvalue weighted by molar-refractivity contribution is 6.30. The number of halogens is 1. The van der Waals surface area contributed by atoms with Crippen molar-refractivity contribution in [2.75, 3.05) is 12.4 Å². The Labute approximate surface area is 217 Å². The number of rotatable bonds is 9. The third-order valence-electron chi connectivity index (χ3n) is 5.46. The highest BCUT2D eigenvalue weighted by Crippen LogP contribution is 2.23. The van der Waals surface area contributed by atoms with Crippen molar-refractivity contribution in [2.45, 2.75) is 20.0 Å². The Hall–Kier alpha value is -4.44. The number of esters is 1. The summed E-state index contributed by atoms with van der Waals surface area (Å²) in [5, 5.41) is 3.60. The van der Waals surface area contributed by atoms with E-state index in [9.17, 15) is 14.4 Å². The minimum atomic E-state index is -0.784. The molecule has 0 amide bonds. The van der Waals surface area contributed by atoms with Gasteiger partial charge in [-0.2, -0.15) is 4.98 Å². The second-order valence-electron chi connectivity index (χ2n) is 8.18. The molecule has 2 aromatic carbocycles. The summed E-state index contributed by atoms with van der Waals surface area (Å²) < 4.78 is 12.8. The van der Waals surface area contributed by atoms with Crippen molar-refractivity contribution in [3.63, 3.8) is 0 Å². The van der Waals surface area contributed by atoms with E-state index >= 15 is 0 Å². The van der Waals surface area contributed by atoms with Crippen LogP contribution in [0.2, 0.25) is 5.02 Å². The Balaban J connectivity index is 1.66. The van der Waals surface area contributed by atoms with Crippen LogP contribution in [-0.4, -0.2) is 32.2 Å². The van der Waals surface area contributed by atoms with Crippen LogP contribution in [0.15, 0.2) is 82.6 Å². The lowest BCUT2D eigenvalue weighted by Gasteiger charge is -2.17. The number of methoxy groups -OCH3 is 1. The predicted molar refractivity (Wildman–Crippen MR) is 139 cm³/mol. The number of anilines is 2. The van der Waals surface area contributed by atoms with E-state index in [1.54, 1.807) is 80.0 Å². The molecule has 0 aliphatic rings. The van der Waals surface area contributed by atoms with Crippen LogP contribution in [0, 0.1) is 5.92 Å². The SMILES string of the molecule is COC(=O)[C@@H](C)Cn1c(=O)nc(Nc2ccc(Oc3ccncc3)cc2)n(Cc2ccc(Cl)cc2)c1=O. The van der Waals surface area contributed by atoms with Crippen molar-refractivity contribution >= 4 is 29.2 Å². The molecule has 11 heteroatoms. The quantitative estimate of drug-likeness (QED) is 0.330. The van der Waals surface area contributed by atoms with Gasteiger partial charge in [-0.25, -0.2) is 14.2 Å². The number of benzene rings is 2. The number of nitrogens with one attached hydrogen (secondary N) is 1. The normalized spacial score (nSPS) is 11.5. The molecule has 0 fully saturated rings. The number of aromatic nitrogens is 4. The molecule has 190 valence electrons. The van der Waals surface area contributed by atoms with Gasteiger partial charge >= 0.3 is 17.3 Å². The number of hydrogen-bond acceptors (Lipinski definition) is 8. The standard InChI is InChI=1S/C26H24ClN5O5/c1-17(23(33)36-2)15-32-25(34)30-24(31(26(32)35)16-18-3-5-19(27)6-4-18)29-20-7-9-21(10-8-20)37-22-11-13-28-14-12-22/h3-14,17H,15-16H2,1-2H3,(H,29,30,34)/t17-/m0/s1. The monoisotopic (exact) mass is 521 g/mol. The van der Waals surface area contributed by atoms with Gasteiger partial charge in [0.1, 0.15) is 11.5 Å². The van der Waals surface area contributed by atoms with E-state index in [0.717, 1.165) is 10.1 Å². The lowest BCUT2D eigenvalue weighted by molar-refractivity contribution is -0.145. The number of pyridine rings is 1. The molecule has 0 spiro atoms. The first kappa shape index (κ1) is 25.6. The molecule has 0 bridgehead atoms. The Kier molecular flexibility index (Phi) is 7.99. The lowest BCUT2D eigenvalue weighted by atomic mass is 10.2. The van der Waals surface area contributed by atoms with Gasteiger partial charge in [-0.05, 0) is 54.1 Å². The van der Waals surface area contributed by atoms with Gasteiger partial charge in [0.25, 0.3) is 0 Å². The molecule has 2 aromatic heterocycles. The van der Waals surface area contributed by atoms with Gasteiger partial charge < -0.3 is 14.8 Å². The summed E-state index contributed by atoms with van der Waals surface area (Å²) >= 11 is 6.00. The van der Waals surface area contributed by atoms with Crippen molar-refractivity contribution < 1.29 is 14.3 Å². The Morgan fingerprint density at radius 1 is 0.973 bits per heavy atom. The van der Waals surface area contributed by atoms with E-state index in [-0.39, 0.29) is 19.0 Å². The first-order valence-electron chi connectivity index (χ1n) is 11.3. The topological polar surface area (TPSA) is 117 Å². The highest BCUT2D eigenvalue weighted by Gasteiger charge is 2.20. The van der Waals surface area contributed by atoms with Crippen molar-refractivity contribution in [3.05, 3.63) is 105 Å². The van der Waals surface area contributed by atoms with Gasteiger partial charge in [0.05, 0.1) is 19.6 Å². The molecular weight excluding hydrogens is 498 g/mol. The molecule has 4 rings (SSSR count). The zero-order valence-corrected chi connectivity index (χ0v) is 20.9. The van der Waals surface area contributed by atoms with Gasteiger partial charge in [-0.15, -0.1) is 0 Å². The van der Waals surface area contributed by atoms with Crippen LogP contribution in [-0.2, 0) is 22.6 Å². The van der Waals surface area contributed by atoms with Gasteiger partial charge in [0.2, 0.25) is 5.95 Å². The summed E-state index contributed by atoms with van der Waals surface area (Å²) in [6, 6.07) is 17.4. The summed E-state index contributed by atoms with van der Waals surface area (Å²) in [5.74, 6) is 0.0314. The van der Waals surface area contributed by atoms with Crippen molar-refractivity contribution in [2.24, 2.45) is 5.92 Å². The fraction of sp³-hybridized carbons (Fsp3) is 0.192. The van der Waals surface area contributed by atoms with Crippen LogP contribution in [0.5, 0.6) is 11.5 Å². The van der Waals surface area contributed by atoms with Gasteiger partial charge in [0.15, 0.2) is 0 Å². The zero-order valence-electron chi connectivity index (χ0n) is 20.1. The molecule has 37 heavy (non-hydrogen) atoms. The van der Waals surface area contributed by atoms with E-state index < -0.39 is 23.3 Å². The summed E-state index contributed by atoms with van der Waals surface area (Å²) in [6.45, 7) is 1.52. The third-order valence-corrected chi connectivity index (χ3v) is 5.71. The summed E-state index contributed by atoms with van der Waals surface area (Å²) in [4.78, 5) is 46.2. The van der Waals surface area contributed by atoms with Crippen LogP contribution in [0.1, 0.15) is 12.5 Å². The number of hydrogen-bond donors (Lipinski definition) is 1. The van der Waals surface area contributed by atoms with Gasteiger partial charge in [-0.1, -0.05) is 30.7 Å². The van der Waals surface area contributed by atoms with E-state index in [1.807, 2.05) is 0 Å². The molecule has 10 nitrogen and oxygen atoms in total.